The average molecular weight is 397 g/mol. The normalized spacial score (nSPS) is 5.79. The molecular weight excluding hydrogens is 390 g/mol. The summed E-state index contributed by atoms with van der Waals surface area (Å²) < 4.78 is 0. The Hall–Kier alpha value is 0.103. The molecule has 1 rings (SSSR count). The van der Waals surface area contributed by atoms with Gasteiger partial charge in [0, 0.05) is 0 Å². The van der Waals surface area contributed by atoms with Crippen LogP contribution in [0, 0.1) is 17.9 Å². The molecule has 0 atom stereocenters. The quantitative estimate of drug-likeness (QED) is 0.309. The Bertz CT molecular complexity index is 268. The van der Waals surface area contributed by atoms with Gasteiger partial charge in [0.2, 0.25) is 0 Å². The van der Waals surface area contributed by atoms with Crippen LogP contribution in [-0.4, -0.2) is 0 Å². The number of rotatable bonds is 1. The van der Waals surface area contributed by atoms with Crippen LogP contribution in [0.5, 0.6) is 0 Å². The molecular formula is C10H7CuINZn. The molecule has 0 amide bonds. The fourth-order valence-corrected chi connectivity index (χ4v) is 0.624. The van der Waals surface area contributed by atoms with E-state index in [0.717, 1.165) is 5.56 Å². The second kappa shape index (κ2) is 18.8. The van der Waals surface area contributed by atoms with E-state index in [9.17, 15) is 0 Å². The third-order valence-corrected chi connectivity index (χ3v) is 1.01. The molecule has 0 aliphatic carbocycles. The number of hydrogen-bond donors (Lipinski definition) is 0. The number of benzene rings is 1. The maximum atomic E-state index is 6.25. The van der Waals surface area contributed by atoms with E-state index in [1.165, 1.54) is 14.8 Å². The summed E-state index contributed by atoms with van der Waals surface area (Å²) in [5.41, 5.74) is 3.60. The molecule has 1 aromatic rings. The second-order valence-electron chi connectivity index (χ2n) is 1.67. The van der Waals surface area contributed by atoms with Gasteiger partial charge in [-0.05, 0) is 0 Å². The van der Waals surface area contributed by atoms with Crippen molar-refractivity contribution in [2.24, 2.45) is 0 Å². The molecule has 0 heterocycles. The molecule has 0 fully saturated rings. The van der Waals surface area contributed by atoms with Crippen molar-refractivity contribution in [3.63, 3.8) is 0 Å². The molecule has 0 saturated heterocycles. The third-order valence-electron chi connectivity index (χ3n) is 1.01. The van der Waals surface area contributed by atoms with Gasteiger partial charge in [0.05, 0.1) is 0 Å². The number of nitrogens with zero attached hydrogens (tertiary/aromatic N) is 1. The van der Waals surface area contributed by atoms with E-state index in [1.807, 2.05) is 30.3 Å². The molecule has 0 aromatic heterocycles. The third kappa shape index (κ3) is 12.1. The summed E-state index contributed by atoms with van der Waals surface area (Å²) in [6.45, 7) is 8.17. The van der Waals surface area contributed by atoms with E-state index in [0.29, 0.717) is 0 Å². The van der Waals surface area contributed by atoms with Gasteiger partial charge >= 0.3 is 51.6 Å². The van der Waals surface area contributed by atoms with Crippen LogP contribution in [0.3, 0.4) is 0 Å². The Morgan fingerprint density at radius 2 is 1.71 bits per heavy atom. The Morgan fingerprint density at radius 1 is 1.29 bits per heavy atom. The molecule has 0 N–H and O–H groups in total. The molecule has 0 unspecified atom stereocenters. The molecule has 14 heavy (non-hydrogen) atoms. The molecule has 72 valence electrons. The fraction of sp³-hybridized carbons (Fsp3) is 0. The molecule has 1 aromatic carbocycles. The zero-order valence-corrected chi connectivity index (χ0v) is 13.5. The summed E-state index contributed by atoms with van der Waals surface area (Å²) in [7, 11) is 0. The average Bonchev–Trinajstić information content (AvgIpc) is 2.26. The van der Waals surface area contributed by atoms with E-state index in [2.05, 4.69) is 38.1 Å². The molecule has 1 nitrogen and oxygen atoms in total. The Morgan fingerprint density at radius 3 is 2.07 bits per heavy atom. The first-order chi connectivity index (χ1) is 6.43. The second-order valence-corrected chi connectivity index (χ2v) is 1.67. The summed E-state index contributed by atoms with van der Waals surface area (Å²) in [4.78, 5) is 0. The van der Waals surface area contributed by atoms with E-state index < -0.39 is 0 Å². The van der Waals surface area contributed by atoms with Gasteiger partial charge in [-0.25, -0.2) is 5.73 Å². The van der Waals surface area contributed by atoms with Crippen molar-refractivity contribution in [2.75, 3.05) is 0 Å². The topological polar surface area (TPSA) is 23.8 Å². The minimum atomic E-state index is 0. The summed E-state index contributed by atoms with van der Waals surface area (Å²) in [5.74, 6) is 0. The maximum absolute atomic E-state index is 6.25. The zero-order chi connectivity index (χ0) is 10.5. The van der Waals surface area contributed by atoms with Crippen LogP contribution in [0.2, 0.25) is 0 Å². The van der Waals surface area contributed by atoms with Gasteiger partial charge in [-0.15, -0.1) is 36.4 Å². The SMILES string of the molecule is C=C=[C-]c1ccccc1.[C-]#N.[Cu+].[Zn+][I]. The van der Waals surface area contributed by atoms with Crippen LogP contribution in [-0.2, 0) is 31.9 Å². The van der Waals surface area contributed by atoms with Crippen molar-refractivity contribution in [1.82, 2.24) is 0 Å². The van der Waals surface area contributed by atoms with Crippen molar-refractivity contribution in [3.05, 3.63) is 60.9 Å². The summed E-state index contributed by atoms with van der Waals surface area (Å²) in [5, 5.41) is 6.25. The van der Waals surface area contributed by atoms with Gasteiger partial charge in [-0.2, -0.15) is 0 Å². The first-order valence-electron chi connectivity index (χ1n) is 3.26. The first-order valence-corrected chi connectivity index (χ1v) is 12.3. The fourth-order valence-electron chi connectivity index (χ4n) is 0.624. The van der Waals surface area contributed by atoms with Crippen molar-refractivity contribution < 1.29 is 31.9 Å². The van der Waals surface area contributed by atoms with Crippen LogP contribution in [0.4, 0.5) is 0 Å². The first kappa shape index (κ1) is 19.6. The van der Waals surface area contributed by atoms with Crippen LogP contribution in [0.15, 0.2) is 42.6 Å². The van der Waals surface area contributed by atoms with Gasteiger partial charge < -0.3 is 11.8 Å². The molecule has 0 aliphatic rings. The van der Waals surface area contributed by atoms with E-state index >= 15 is 0 Å². The van der Waals surface area contributed by atoms with Gasteiger partial charge in [-0.3, -0.25) is 0 Å². The molecule has 0 aliphatic heterocycles. The standard InChI is InChI=1S/C9H7.CN.Cu.HI.Zn/c1-2-6-9-7-4-3-5-8-9;1-2;;;/h3-5,7-8H,1H2;;;1H;/q2*-1;+1;;+2/p-1. The van der Waals surface area contributed by atoms with E-state index in [1.54, 1.807) is 0 Å². The van der Waals surface area contributed by atoms with E-state index in [4.69, 9.17) is 11.8 Å². The van der Waals surface area contributed by atoms with Crippen molar-refractivity contribution >= 4 is 19.8 Å². The van der Waals surface area contributed by atoms with Gasteiger partial charge in [0.25, 0.3) is 0 Å². The Kier molecular flexibility index (Phi) is 26.4. The van der Waals surface area contributed by atoms with Crippen molar-refractivity contribution in [3.8, 4) is 0 Å². The Labute approximate surface area is 117 Å². The number of halogens is 1. The van der Waals surface area contributed by atoms with Crippen LogP contribution >= 0.6 is 19.8 Å². The van der Waals surface area contributed by atoms with Crippen LogP contribution in [0.25, 0.3) is 0 Å². The van der Waals surface area contributed by atoms with Gasteiger partial charge in [-0.1, -0.05) is 12.1 Å². The predicted octanol–water partition coefficient (Wildman–Crippen LogP) is 3.16. The zero-order valence-electron chi connectivity index (χ0n) is 7.43. The summed E-state index contributed by atoms with van der Waals surface area (Å²) in [6, 6.07) is 9.80. The minimum absolute atomic E-state index is 0. The van der Waals surface area contributed by atoms with Crippen molar-refractivity contribution in [2.45, 2.75) is 0 Å². The molecule has 0 spiro atoms. The predicted molar refractivity (Wildman–Crippen MR) is 56.9 cm³/mol. The summed E-state index contributed by atoms with van der Waals surface area (Å²) >= 11 is 3.62. The monoisotopic (exact) mass is 395 g/mol. The van der Waals surface area contributed by atoms with Gasteiger partial charge in [0.1, 0.15) is 0 Å². The molecule has 0 saturated carbocycles. The molecule has 0 bridgehead atoms. The summed E-state index contributed by atoms with van der Waals surface area (Å²) in [6.07, 6.45) is 2.85. The molecule has 4 heteroatoms. The van der Waals surface area contributed by atoms with Gasteiger partial charge in [0.15, 0.2) is 0 Å². The van der Waals surface area contributed by atoms with Crippen LogP contribution < -0.4 is 0 Å². The number of hydrogen-bond acceptors (Lipinski definition) is 1. The van der Waals surface area contributed by atoms with Crippen LogP contribution in [0.1, 0.15) is 5.56 Å². The van der Waals surface area contributed by atoms with Crippen molar-refractivity contribution in [1.29, 1.82) is 5.26 Å². The van der Waals surface area contributed by atoms with E-state index in [-0.39, 0.29) is 17.1 Å². The molecule has 0 radical (unpaired) electrons. The Balaban J connectivity index is -0.000000216.